The van der Waals surface area contributed by atoms with Gasteiger partial charge in [0, 0.05) is 28.7 Å². The Kier molecular flexibility index (Phi) is 3.10. The number of nitrogens with one attached hydrogen (secondary N) is 1. The lowest BCUT2D eigenvalue weighted by atomic mass is 10.3. The lowest BCUT2D eigenvalue weighted by molar-refractivity contribution is 0.602. The Morgan fingerprint density at radius 3 is 2.75 bits per heavy atom. The molecule has 0 saturated carbocycles. The molecule has 20 heavy (non-hydrogen) atoms. The minimum Gasteiger partial charge on any atom is -0.338 e. The monoisotopic (exact) mass is 351 g/mol. The number of H-pyrrole nitrogens is 1. The molecule has 7 heteroatoms. The minimum absolute atomic E-state index is 0.223. The van der Waals surface area contributed by atoms with Gasteiger partial charge in [0.1, 0.15) is 11.3 Å². The lowest BCUT2D eigenvalue weighted by Gasteiger charge is -1.97. The van der Waals surface area contributed by atoms with Crippen molar-refractivity contribution in [1.29, 1.82) is 0 Å². The summed E-state index contributed by atoms with van der Waals surface area (Å²) in [6, 6.07) is 6.91. The normalized spacial score (nSPS) is 11.9. The molecule has 0 bridgehead atoms. The van der Waals surface area contributed by atoms with Crippen LogP contribution in [0.3, 0.4) is 0 Å². The summed E-state index contributed by atoms with van der Waals surface area (Å²) in [4.78, 5) is 11.8. The van der Waals surface area contributed by atoms with Crippen molar-refractivity contribution in [2.75, 3.05) is 6.26 Å². The zero-order chi connectivity index (χ0) is 14.3. The van der Waals surface area contributed by atoms with Crippen LogP contribution in [0.5, 0.6) is 0 Å². The number of fused-ring (bicyclic) bond motifs is 1. The van der Waals surface area contributed by atoms with Gasteiger partial charge in [0.2, 0.25) is 0 Å². The van der Waals surface area contributed by atoms with Gasteiger partial charge >= 0.3 is 0 Å². The van der Waals surface area contributed by atoms with Crippen molar-refractivity contribution in [3.63, 3.8) is 0 Å². The summed E-state index contributed by atoms with van der Waals surface area (Å²) in [5.41, 5.74) is 1.92. The van der Waals surface area contributed by atoms with Crippen LogP contribution in [0, 0.1) is 0 Å². The van der Waals surface area contributed by atoms with Gasteiger partial charge in [-0.2, -0.15) is 0 Å². The number of sulfone groups is 1. The van der Waals surface area contributed by atoms with Crippen molar-refractivity contribution >= 4 is 36.8 Å². The molecule has 0 radical (unpaired) electrons. The maximum absolute atomic E-state index is 11.8. The van der Waals surface area contributed by atoms with Gasteiger partial charge in [0.05, 0.1) is 10.4 Å². The highest BCUT2D eigenvalue weighted by Gasteiger charge is 2.15. The Balaban J connectivity index is 2.26. The second-order valence-electron chi connectivity index (χ2n) is 4.40. The molecule has 2 heterocycles. The molecular formula is C13H10BrN3O2S. The third-order valence-electron chi connectivity index (χ3n) is 2.85. The van der Waals surface area contributed by atoms with E-state index in [1.165, 1.54) is 6.26 Å². The van der Waals surface area contributed by atoms with Crippen LogP contribution >= 0.6 is 15.9 Å². The highest BCUT2D eigenvalue weighted by molar-refractivity contribution is 9.10. The molecule has 1 N–H and O–H groups in total. The molecule has 0 fully saturated rings. The predicted octanol–water partition coefficient (Wildman–Crippen LogP) is 2.79. The number of hydrogen-bond acceptors (Lipinski definition) is 4. The summed E-state index contributed by atoms with van der Waals surface area (Å²) >= 11 is 3.35. The standard InChI is InChI=1S/C13H10BrN3O2S/c1-20(18,19)11-4-2-3-10-12(11)17-13(16-10)8-5-9(14)7-15-6-8/h2-7H,1H3,(H,16,17). The highest BCUT2D eigenvalue weighted by Crippen LogP contribution is 2.26. The van der Waals surface area contributed by atoms with Crippen LogP contribution in [-0.4, -0.2) is 29.6 Å². The van der Waals surface area contributed by atoms with E-state index >= 15 is 0 Å². The van der Waals surface area contributed by atoms with Crippen molar-refractivity contribution in [2.24, 2.45) is 0 Å². The molecule has 3 aromatic rings. The fourth-order valence-corrected chi connectivity index (χ4v) is 3.18. The van der Waals surface area contributed by atoms with E-state index < -0.39 is 9.84 Å². The Hall–Kier alpha value is -1.73. The molecule has 5 nitrogen and oxygen atoms in total. The van der Waals surface area contributed by atoms with Gasteiger partial charge in [-0.3, -0.25) is 4.98 Å². The molecule has 2 aromatic heterocycles. The molecule has 0 spiro atoms. The van der Waals surface area contributed by atoms with E-state index in [1.807, 2.05) is 6.07 Å². The summed E-state index contributed by atoms with van der Waals surface area (Å²) in [6.07, 6.45) is 4.52. The van der Waals surface area contributed by atoms with Gasteiger partial charge in [-0.1, -0.05) is 6.07 Å². The van der Waals surface area contributed by atoms with Gasteiger partial charge < -0.3 is 4.98 Å². The smallest absolute Gasteiger partial charge is 0.177 e. The third kappa shape index (κ3) is 2.34. The van der Waals surface area contributed by atoms with Crippen LogP contribution in [0.4, 0.5) is 0 Å². The molecule has 0 aliphatic rings. The molecule has 102 valence electrons. The summed E-state index contributed by atoms with van der Waals surface area (Å²) in [5.74, 6) is 0.588. The van der Waals surface area contributed by atoms with Crippen LogP contribution in [0.15, 0.2) is 46.0 Å². The maximum atomic E-state index is 11.8. The van der Waals surface area contributed by atoms with Crippen molar-refractivity contribution in [3.05, 3.63) is 41.1 Å². The maximum Gasteiger partial charge on any atom is 0.177 e. The summed E-state index contributed by atoms with van der Waals surface area (Å²) < 4.78 is 24.4. The zero-order valence-electron chi connectivity index (χ0n) is 10.5. The van der Waals surface area contributed by atoms with E-state index in [0.717, 1.165) is 10.0 Å². The molecule has 0 saturated heterocycles. The van der Waals surface area contributed by atoms with E-state index in [0.29, 0.717) is 16.9 Å². The number of pyridine rings is 1. The highest BCUT2D eigenvalue weighted by atomic mass is 79.9. The number of hydrogen-bond donors (Lipinski definition) is 1. The molecule has 1 aromatic carbocycles. The van der Waals surface area contributed by atoms with Gasteiger partial charge in [-0.25, -0.2) is 13.4 Å². The fourth-order valence-electron chi connectivity index (χ4n) is 1.98. The molecule has 0 aliphatic heterocycles. The molecule has 3 rings (SSSR count). The first-order valence-corrected chi connectivity index (χ1v) is 8.43. The number of benzene rings is 1. The number of para-hydroxylation sites is 1. The Labute approximate surface area is 124 Å². The fraction of sp³-hybridized carbons (Fsp3) is 0.0769. The summed E-state index contributed by atoms with van der Waals surface area (Å²) in [7, 11) is -3.31. The van der Waals surface area contributed by atoms with E-state index in [-0.39, 0.29) is 4.90 Å². The lowest BCUT2D eigenvalue weighted by Crippen LogP contribution is -1.97. The number of aromatic nitrogens is 3. The second-order valence-corrected chi connectivity index (χ2v) is 7.30. The van der Waals surface area contributed by atoms with Crippen LogP contribution in [0.1, 0.15) is 0 Å². The van der Waals surface area contributed by atoms with Gasteiger partial charge in [0.25, 0.3) is 0 Å². The number of imidazole rings is 1. The summed E-state index contributed by atoms with van der Waals surface area (Å²) in [6.45, 7) is 0. The van der Waals surface area contributed by atoms with E-state index in [9.17, 15) is 8.42 Å². The largest absolute Gasteiger partial charge is 0.338 e. The average molecular weight is 352 g/mol. The molecular weight excluding hydrogens is 342 g/mol. The number of aromatic amines is 1. The van der Waals surface area contributed by atoms with Gasteiger partial charge in [0.15, 0.2) is 9.84 Å². The first-order chi connectivity index (χ1) is 9.45. The van der Waals surface area contributed by atoms with Crippen molar-refractivity contribution in [3.8, 4) is 11.4 Å². The Morgan fingerprint density at radius 1 is 1.25 bits per heavy atom. The van der Waals surface area contributed by atoms with E-state index in [1.54, 1.807) is 30.6 Å². The van der Waals surface area contributed by atoms with Crippen molar-refractivity contribution in [1.82, 2.24) is 15.0 Å². The van der Waals surface area contributed by atoms with E-state index in [2.05, 4.69) is 30.9 Å². The molecule has 0 aliphatic carbocycles. The zero-order valence-corrected chi connectivity index (χ0v) is 12.9. The molecule has 0 amide bonds. The van der Waals surface area contributed by atoms with Crippen LogP contribution < -0.4 is 0 Å². The molecule has 0 unspecified atom stereocenters. The number of rotatable bonds is 2. The predicted molar refractivity (Wildman–Crippen MR) is 80.1 cm³/mol. The number of halogens is 1. The van der Waals surface area contributed by atoms with E-state index in [4.69, 9.17) is 0 Å². The van der Waals surface area contributed by atoms with Crippen molar-refractivity contribution < 1.29 is 8.42 Å². The average Bonchev–Trinajstić information content (AvgIpc) is 2.81. The van der Waals surface area contributed by atoms with Crippen molar-refractivity contribution in [2.45, 2.75) is 4.90 Å². The second kappa shape index (κ2) is 4.68. The number of nitrogens with zero attached hydrogens (tertiary/aromatic N) is 2. The van der Waals surface area contributed by atoms with Gasteiger partial charge in [-0.05, 0) is 34.1 Å². The Bertz CT molecular complexity index is 903. The first kappa shape index (κ1) is 13.3. The first-order valence-electron chi connectivity index (χ1n) is 5.75. The van der Waals surface area contributed by atoms with Crippen LogP contribution in [0.2, 0.25) is 0 Å². The molecule has 0 atom stereocenters. The van der Waals surface area contributed by atoms with Gasteiger partial charge in [-0.15, -0.1) is 0 Å². The topological polar surface area (TPSA) is 75.7 Å². The van der Waals surface area contributed by atoms with Crippen LogP contribution in [0.25, 0.3) is 22.4 Å². The van der Waals surface area contributed by atoms with Crippen LogP contribution in [-0.2, 0) is 9.84 Å². The minimum atomic E-state index is -3.31. The Morgan fingerprint density at radius 2 is 2.05 bits per heavy atom. The quantitative estimate of drug-likeness (QED) is 0.770. The SMILES string of the molecule is CS(=O)(=O)c1cccc2[nH]c(-c3cncc(Br)c3)nc12. The third-order valence-corrected chi connectivity index (χ3v) is 4.42. The summed E-state index contributed by atoms with van der Waals surface area (Å²) in [5, 5.41) is 0.